The normalized spacial score (nSPS) is 35.7. The van der Waals surface area contributed by atoms with Gasteiger partial charge in [-0.3, -0.25) is 15.0 Å². The van der Waals surface area contributed by atoms with Crippen molar-refractivity contribution in [3.63, 3.8) is 0 Å². The first-order chi connectivity index (χ1) is 12.7. The number of hydrogen-bond donors (Lipinski definition) is 0. The fourth-order valence-electron chi connectivity index (χ4n) is 4.94. The smallest absolute Gasteiger partial charge is 0.269 e. The summed E-state index contributed by atoms with van der Waals surface area (Å²) in [5.74, 6) is 0.992. The molecule has 2 aliphatic heterocycles. The minimum Gasteiger partial charge on any atom is -0.379 e. The fourth-order valence-corrected chi connectivity index (χ4v) is 4.94. The Bertz CT molecular complexity index is 774. The van der Waals surface area contributed by atoms with Gasteiger partial charge >= 0.3 is 0 Å². The zero-order valence-electron chi connectivity index (χ0n) is 14.4. The van der Waals surface area contributed by atoms with E-state index in [0.29, 0.717) is 25.0 Å². The van der Waals surface area contributed by atoms with Crippen molar-refractivity contribution in [2.24, 2.45) is 22.2 Å². The average Bonchev–Trinajstić information content (AvgIpc) is 3.37. The molecule has 4 aliphatic rings. The standard InChI is InChI=1S/C18H21N5O3/c24-23(25)16-5-3-15(4-6-16)22-17(21-7-9-26-10-8-21)18(19-20-22)12-13-1-2-14(18)11-13/h1-6,13-14,17H,7-12H2/t13-,14+,17-,18+/m1/s1. The number of anilines is 1. The van der Waals surface area contributed by atoms with Crippen LogP contribution in [-0.4, -0.2) is 47.8 Å². The summed E-state index contributed by atoms with van der Waals surface area (Å²) < 4.78 is 5.54. The molecule has 8 heteroatoms. The number of allylic oxidation sites excluding steroid dienone is 1. The number of hydrogen-bond acceptors (Lipinski definition) is 7. The molecule has 2 bridgehead atoms. The molecular formula is C18H21N5O3. The molecule has 0 radical (unpaired) electrons. The zero-order chi connectivity index (χ0) is 17.7. The Balaban J connectivity index is 1.51. The molecule has 1 saturated heterocycles. The molecule has 2 heterocycles. The third-order valence-corrected chi connectivity index (χ3v) is 6.13. The lowest BCUT2D eigenvalue weighted by atomic mass is 9.81. The third-order valence-electron chi connectivity index (χ3n) is 6.13. The van der Waals surface area contributed by atoms with E-state index in [2.05, 4.69) is 22.3 Å². The van der Waals surface area contributed by atoms with Crippen LogP contribution in [0, 0.1) is 22.0 Å². The molecule has 1 aromatic carbocycles. The third kappa shape index (κ3) is 2.29. The topological polar surface area (TPSA) is 83.6 Å². The number of nitro groups is 1. The maximum atomic E-state index is 11.0. The number of non-ortho nitro benzene ring substituents is 1. The average molecular weight is 355 g/mol. The molecule has 26 heavy (non-hydrogen) atoms. The quantitative estimate of drug-likeness (QED) is 0.473. The van der Waals surface area contributed by atoms with Gasteiger partial charge in [0.1, 0.15) is 11.7 Å². The van der Waals surface area contributed by atoms with E-state index >= 15 is 0 Å². The molecule has 0 aromatic heterocycles. The fraction of sp³-hybridized carbons (Fsp3) is 0.556. The van der Waals surface area contributed by atoms with Crippen LogP contribution < -0.4 is 5.01 Å². The number of ether oxygens (including phenoxy) is 1. The first kappa shape index (κ1) is 15.9. The molecule has 5 rings (SSSR count). The lowest BCUT2D eigenvalue weighted by Crippen LogP contribution is -2.60. The number of nitrogens with zero attached hydrogens (tertiary/aromatic N) is 5. The van der Waals surface area contributed by atoms with Crippen molar-refractivity contribution in [1.29, 1.82) is 0 Å². The highest BCUT2D eigenvalue weighted by Gasteiger charge is 2.60. The van der Waals surface area contributed by atoms with Crippen molar-refractivity contribution in [3.8, 4) is 0 Å². The molecule has 0 amide bonds. The minimum atomic E-state index is -0.378. The van der Waals surface area contributed by atoms with Crippen LogP contribution >= 0.6 is 0 Å². The summed E-state index contributed by atoms with van der Waals surface area (Å²) in [7, 11) is 0. The lowest BCUT2D eigenvalue weighted by molar-refractivity contribution is -0.384. The van der Waals surface area contributed by atoms with E-state index in [1.54, 1.807) is 12.1 Å². The second-order valence-corrected chi connectivity index (χ2v) is 7.51. The van der Waals surface area contributed by atoms with Crippen LogP contribution in [0.2, 0.25) is 0 Å². The second kappa shape index (κ2) is 5.85. The van der Waals surface area contributed by atoms with Gasteiger partial charge in [-0.05, 0) is 30.9 Å². The van der Waals surface area contributed by atoms with Crippen molar-refractivity contribution in [2.45, 2.75) is 24.5 Å². The molecule has 4 atom stereocenters. The van der Waals surface area contributed by atoms with E-state index in [9.17, 15) is 10.1 Å². The van der Waals surface area contributed by atoms with Crippen molar-refractivity contribution >= 4 is 11.4 Å². The van der Waals surface area contributed by atoms with Crippen LogP contribution in [-0.2, 0) is 4.74 Å². The van der Waals surface area contributed by atoms with Crippen LogP contribution in [0.1, 0.15) is 12.8 Å². The van der Waals surface area contributed by atoms with Crippen molar-refractivity contribution < 1.29 is 9.66 Å². The van der Waals surface area contributed by atoms with Crippen LogP contribution in [0.15, 0.2) is 46.8 Å². The summed E-state index contributed by atoms with van der Waals surface area (Å²) in [5, 5.41) is 22.3. The van der Waals surface area contributed by atoms with Gasteiger partial charge < -0.3 is 4.74 Å². The summed E-state index contributed by atoms with van der Waals surface area (Å²) in [6, 6.07) is 6.61. The van der Waals surface area contributed by atoms with Crippen LogP contribution in [0.25, 0.3) is 0 Å². The van der Waals surface area contributed by atoms with Gasteiger partial charge in [-0.2, -0.15) is 5.11 Å². The Kier molecular flexibility index (Phi) is 3.58. The Morgan fingerprint density at radius 3 is 2.58 bits per heavy atom. The summed E-state index contributed by atoms with van der Waals surface area (Å²) in [6.07, 6.45) is 6.82. The van der Waals surface area contributed by atoms with Crippen LogP contribution in [0.3, 0.4) is 0 Å². The number of morpholine rings is 1. The number of benzene rings is 1. The number of nitro benzene ring substituents is 1. The van der Waals surface area contributed by atoms with Gasteiger partial charge in [0.25, 0.3) is 5.69 Å². The number of fused-ring (bicyclic) bond motifs is 3. The molecule has 1 spiro atoms. The highest BCUT2D eigenvalue weighted by molar-refractivity contribution is 5.52. The van der Waals surface area contributed by atoms with Crippen LogP contribution in [0.4, 0.5) is 11.4 Å². The van der Waals surface area contributed by atoms with Crippen molar-refractivity contribution in [1.82, 2.24) is 4.90 Å². The largest absolute Gasteiger partial charge is 0.379 e. The van der Waals surface area contributed by atoms with Gasteiger partial charge in [0.15, 0.2) is 0 Å². The van der Waals surface area contributed by atoms with E-state index in [0.717, 1.165) is 31.6 Å². The molecule has 1 aromatic rings. The second-order valence-electron chi connectivity index (χ2n) is 7.51. The molecule has 2 aliphatic carbocycles. The molecule has 0 unspecified atom stereocenters. The minimum absolute atomic E-state index is 0.0350. The molecule has 8 nitrogen and oxygen atoms in total. The van der Waals surface area contributed by atoms with E-state index in [4.69, 9.17) is 9.85 Å². The van der Waals surface area contributed by atoms with Crippen LogP contribution in [0.5, 0.6) is 0 Å². The number of rotatable bonds is 3. The van der Waals surface area contributed by atoms with Crippen molar-refractivity contribution in [2.75, 3.05) is 31.3 Å². The Hall–Kier alpha value is -2.32. The first-order valence-corrected chi connectivity index (χ1v) is 9.14. The maximum absolute atomic E-state index is 11.0. The van der Waals surface area contributed by atoms with Gasteiger partial charge in [-0.1, -0.05) is 17.4 Å². The monoisotopic (exact) mass is 355 g/mol. The highest BCUT2D eigenvalue weighted by atomic mass is 16.6. The predicted molar refractivity (Wildman–Crippen MR) is 94.7 cm³/mol. The molecule has 1 saturated carbocycles. The van der Waals surface area contributed by atoms with Gasteiger partial charge in [0.05, 0.1) is 23.8 Å². The summed E-state index contributed by atoms with van der Waals surface area (Å²) in [5.41, 5.74) is 0.711. The van der Waals surface area contributed by atoms with E-state index in [1.807, 2.05) is 5.01 Å². The molecule has 0 N–H and O–H groups in total. The summed E-state index contributed by atoms with van der Waals surface area (Å²) in [4.78, 5) is 13.0. The molecule has 2 fully saturated rings. The van der Waals surface area contributed by atoms with E-state index < -0.39 is 0 Å². The predicted octanol–water partition coefficient (Wildman–Crippen LogP) is 2.78. The van der Waals surface area contributed by atoms with Crippen molar-refractivity contribution in [3.05, 3.63) is 46.5 Å². The SMILES string of the molecule is O=[N+]([O-])c1ccc(N2N=N[C@]3(C[C@@H]4C=C[C@H]3C4)[C@@H]2N2CCOCC2)cc1. The van der Waals surface area contributed by atoms with E-state index in [-0.39, 0.29) is 22.3 Å². The summed E-state index contributed by atoms with van der Waals surface area (Å²) in [6.45, 7) is 3.12. The Morgan fingerprint density at radius 2 is 1.96 bits per heavy atom. The lowest BCUT2D eigenvalue weighted by Gasteiger charge is -2.44. The first-order valence-electron chi connectivity index (χ1n) is 9.14. The highest BCUT2D eigenvalue weighted by Crippen LogP contribution is 2.55. The molecule has 136 valence electrons. The zero-order valence-corrected chi connectivity index (χ0v) is 14.4. The van der Waals surface area contributed by atoms with Gasteiger partial charge in [0.2, 0.25) is 0 Å². The van der Waals surface area contributed by atoms with Gasteiger partial charge in [-0.25, -0.2) is 5.01 Å². The summed E-state index contributed by atoms with van der Waals surface area (Å²) >= 11 is 0. The van der Waals surface area contributed by atoms with Gasteiger partial charge in [-0.15, -0.1) is 0 Å². The Labute approximate surface area is 151 Å². The molecular weight excluding hydrogens is 334 g/mol. The van der Waals surface area contributed by atoms with E-state index in [1.165, 1.54) is 12.1 Å². The maximum Gasteiger partial charge on any atom is 0.269 e. The van der Waals surface area contributed by atoms with Gasteiger partial charge in [0, 0.05) is 31.1 Å². The Morgan fingerprint density at radius 1 is 1.19 bits per heavy atom.